The lowest BCUT2D eigenvalue weighted by molar-refractivity contribution is 0.147. The van der Waals surface area contributed by atoms with Gasteiger partial charge in [0.25, 0.3) is 0 Å². The topological polar surface area (TPSA) is 44.8 Å². The van der Waals surface area contributed by atoms with Gasteiger partial charge in [-0.25, -0.2) is 4.79 Å². The Morgan fingerprint density at radius 3 is 2.66 bits per heavy atom. The predicted molar refractivity (Wildman–Crippen MR) is 118 cm³/mol. The van der Waals surface area contributed by atoms with Crippen LogP contribution in [-0.2, 0) is 6.54 Å². The van der Waals surface area contributed by atoms with Crippen LogP contribution in [-0.4, -0.2) is 54.7 Å². The predicted octanol–water partition coefficient (Wildman–Crippen LogP) is 4.80. The quantitative estimate of drug-likeness (QED) is 0.680. The first-order valence-electron chi connectivity index (χ1n) is 11.6. The summed E-state index contributed by atoms with van der Waals surface area (Å²) in [5.74, 6) is 0.854. The molecular formula is C24H39N3O2. The monoisotopic (exact) mass is 401 g/mol. The number of piperidine rings is 1. The highest BCUT2D eigenvalue weighted by molar-refractivity contribution is 5.74. The van der Waals surface area contributed by atoms with E-state index in [9.17, 15) is 4.79 Å². The van der Waals surface area contributed by atoms with Gasteiger partial charge in [-0.2, -0.15) is 0 Å². The number of likely N-dealkylation sites (tertiary alicyclic amines) is 1. The molecule has 2 fully saturated rings. The molecule has 1 heterocycles. The molecule has 5 nitrogen and oxygen atoms in total. The van der Waals surface area contributed by atoms with E-state index in [1.807, 2.05) is 23.1 Å². The molecule has 29 heavy (non-hydrogen) atoms. The first-order chi connectivity index (χ1) is 14.2. The average Bonchev–Trinajstić information content (AvgIpc) is 2.75. The van der Waals surface area contributed by atoms with Gasteiger partial charge in [0.05, 0.1) is 13.7 Å². The van der Waals surface area contributed by atoms with Crippen molar-refractivity contribution in [3.05, 3.63) is 29.8 Å². The fourth-order valence-electron chi connectivity index (χ4n) is 4.76. The van der Waals surface area contributed by atoms with Crippen molar-refractivity contribution in [1.82, 2.24) is 15.1 Å². The smallest absolute Gasteiger partial charge is 0.317 e. The Morgan fingerprint density at radius 1 is 1.14 bits per heavy atom. The van der Waals surface area contributed by atoms with E-state index < -0.39 is 0 Å². The summed E-state index contributed by atoms with van der Waals surface area (Å²) in [6, 6.07) is 9.11. The van der Waals surface area contributed by atoms with Crippen LogP contribution in [0.4, 0.5) is 4.79 Å². The number of methoxy groups -OCH3 is 1. The number of para-hydroxylation sites is 1. The van der Waals surface area contributed by atoms with Gasteiger partial charge in [-0.1, -0.05) is 43.9 Å². The van der Waals surface area contributed by atoms with Gasteiger partial charge in [0, 0.05) is 30.7 Å². The number of nitrogens with zero attached hydrogens (tertiary/aromatic N) is 2. The summed E-state index contributed by atoms with van der Waals surface area (Å²) in [4.78, 5) is 17.7. The maximum absolute atomic E-state index is 13.1. The van der Waals surface area contributed by atoms with Crippen LogP contribution in [0.3, 0.4) is 0 Å². The fourth-order valence-corrected chi connectivity index (χ4v) is 4.76. The van der Waals surface area contributed by atoms with Gasteiger partial charge < -0.3 is 19.9 Å². The van der Waals surface area contributed by atoms with Crippen LogP contribution in [0, 0.1) is 0 Å². The molecule has 0 spiro atoms. The van der Waals surface area contributed by atoms with E-state index in [0.29, 0.717) is 18.6 Å². The molecule has 2 amide bonds. The molecule has 1 N–H and O–H groups in total. The fraction of sp³-hybridized carbons (Fsp3) is 0.708. The average molecular weight is 402 g/mol. The molecule has 162 valence electrons. The van der Waals surface area contributed by atoms with Gasteiger partial charge in [0.15, 0.2) is 0 Å². The zero-order chi connectivity index (χ0) is 20.5. The van der Waals surface area contributed by atoms with Crippen molar-refractivity contribution in [1.29, 1.82) is 0 Å². The van der Waals surface area contributed by atoms with Crippen LogP contribution in [0.5, 0.6) is 5.75 Å². The molecule has 2 aliphatic rings. The summed E-state index contributed by atoms with van der Waals surface area (Å²) in [7, 11) is 1.70. The summed E-state index contributed by atoms with van der Waals surface area (Å²) in [5.41, 5.74) is 1.07. The summed E-state index contributed by atoms with van der Waals surface area (Å²) < 4.78 is 5.52. The molecule has 1 aliphatic carbocycles. The second-order valence-corrected chi connectivity index (χ2v) is 8.75. The van der Waals surface area contributed by atoms with E-state index in [4.69, 9.17) is 4.74 Å². The van der Waals surface area contributed by atoms with E-state index in [1.165, 1.54) is 45.1 Å². The zero-order valence-corrected chi connectivity index (χ0v) is 18.4. The first kappa shape index (κ1) is 21.9. The molecular weight excluding hydrogens is 362 g/mol. The van der Waals surface area contributed by atoms with E-state index in [2.05, 4.69) is 23.2 Å². The van der Waals surface area contributed by atoms with Gasteiger partial charge in [-0.3, -0.25) is 0 Å². The molecule has 0 radical (unpaired) electrons. The third-order valence-corrected chi connectivity index (χ3v) is 6.59. The highest BCUT2D eigenvalue weighted by atomic mass is 16.5. The Kier molecular flexibility index (Phi) is 8.66. The lowest BCUT2D eigenvalue weighted by Gasteiger charge is -2.34. The van der Waals surface area contributed by atoms with Crippen LogP contribution < -0.4 is 10.1 Å². The number of hydrogen-bond donors (Lipinski definition) is 1. The van der Waals surface area contributed by atoms with E-state index >= 15 is 0 Å². The van der Waals surface area contributed by atoms with Gasteiger partial charge >= 0.3 is 6.03 Å². The minimum atomic E-state index is 0.0782. The zero-order valence-electron chi connectivity index (χ0n) is 18.4. The third kappa shape index (κ3) is 6.63. The molecule has 0 bridgehead atoms. The van der Waals surface area contributed by atoms with Crippen LogP contribution >= 0.6 is 0 Å². The lowest BCUT2D eigenvalue weighted by atomic mass is 9.96. The Labute approximate surface area is 176 Å². The van der Waals surface area contributed by atoms with Gasteiger partial charge in [0.1, 0.15) is 5.75 Å². The van der Waals surface area contributed by atoms with Crippen molar-refractivity contribution >= 4 is 6.03 Å². The van der Waals surface area contributed by atoms with Crippen molar-refractivity contribution in [2.24, 2.45) is 0 Å². The molecule has 1 saturated heterocycles. The number of rotatable bonds is 8. The molecule has 3 rings (SSSR count). The maximum atomic E-state index is 13.1. The van der Waals surface area contributed by atoms with E-state index in [0.717, 1.165) is 43.7 Å². The van der Waals surface area contributed by atoms with Gasteiger partial charge in [-0.05, 0) is 51.6 Å². The van der Waals surface area contributed by atoms with Crippen LogP contribution in [0.15, 0.2) is 24.3 Å². The third-order valence-electron chi connectivity index (χ3n) is 6.59. The lowest BCUT2D eigenvalue weighted by Crippen LogP contribution is -2.46. The number of amides is 2. The molecule has 1 aromatic carbocycles. The van der Waals surface area contributed by atoms with Crippen molar-refractivity contribution in [3.63, 3.8) is 0 Å². The van der Waals surface area contributed by atoms with Crippen LogP contribution in [0.2, 0.25) is 0 Å². The number of ether oxygens (including phenoxy) is 1. The minimum absolute atomic E-state index is 0.0782. The minimum Gasteiger partial charge on any atom is -0.496 e. The second-order valence-electron chi connectivity index (χ2n) is 8.75. The number of carbonyl (C=O) groups is 1. The molecule has 1 unspecified atom stereocenters. The van der Waals surface area contributed by atoms with Crippen molar-refractivity contribution in [2.75, 3.05) is 26.7 Å². The Balaban J connectivity index is 1.60. The Morgan fingerprint density at radius 2 is 1.90 bits per heavy atom. The van der Waals surface area contributed by atoms with E-state index in [-0.39, 0.29) is 6.03 Å². The molecule has 1 aromatic rings. The SMILES string of the molecule is COc1ccccc1CN(CCCN1CCCCC1C)C(=O)NC1CCCCC1. The summed E-state index contributed by atoms with van der Waals surface area (Å²) in [5, 5.41) is 3.31. The summed E-state index contributed by atoms with van der Waals surface area (Å²) in [6.45, 7) is 5.97. The van der Waals surface area contributed by atoms with Crippen molar-refractivity contribution in [2.45, 2.75) is 83.3 Å². The molecule has 0 aromatic heterocycles. The summed E-state index contributed by atoms with van der Waals surface area (Å²) in [6.07, 6.45) is 10.9. The number of carbonyl (C=O) groups excluding carboxylic acids is 1. The molecule has 1 aliphatic heterocycles. The number of benzene rings is 1. The molecule has 5 heteroatoms. The maximum Gasteiger partial charge on any atom is 0.317 e. The molecule has 1 saturated carbocycles. The number of urea groups is 1. The summed E-state index contributed by atoms with van der Waals surface area (Å²) >= 11 is 0. The number of nitrogens with one attached hydrogen (secondary N) is 1. The van der Waals surface area contributed by atoms with Crippen molar-refractivity contribution < 1.29 is 9.53 Å². The highest BCUT2D eigenvalue weighted by Gasteiger charge is 2.22. The second kappa shape index (κ2) is 11.4. The van der Waals surface area contributed by atoms with Gasteiger partial charge in [0.2, 0.25) is 0 Å². The van der Waals surface area contributed by atoms with Crippen LogP contribution in [0.25, 0.3) is 0 Å². The highest BCUT2D eigenvalue weighted by Crippen LogP contribution is 2.22. The normalized spacial score (nSPS) is 21.0. The standard InChI is InChI=1S/C24H39N3O2/c1-20-11-8-9-16-26(20)17-10-18-27(19-21-12-6-7-15-23(21)29-2)24(28)25-22-13-4-3-5-14-22/h6-7,12,15,20,22H,3-5,8-11,13-14,16-19H2,1-2H3,(H,25,28). The Bertz CT molecular complexity index is 630. The number of hydrogen-bond acceptors (Lipinski definition) is 3. The van der Waals surface area contributed by atoms with Gasteiger partial charge in [-0.15, -0.1) is 0 Å². The first-order valence-corrected chi connectivity index (χ1v) is 11.6. The van der Waals surface area contributed by atoms with Crippen molar-refractivity contribution in [3.8, 4) is 5.75 Å². The Hall–Kier alpha value is -1.75. The largest absolute Gasteiger partial charge is 0.496 e. The van der Waals surface area contributed by atoms with E-state index in [1.54, 1.807) is 7.11 Å². The van der Waals surface area contributed by atoms with Crippen LogP contribution in [0.1, 0.15) is 70.3 Å². The molecule has 1 atom stereocenters.